The van der Waals surface area contributed by atoms with Crippen LogP contribution < -0.4 is 15.9 Å². The van der Waals surface area contributed by atoms with Gasteiger partial charge in [0.15, 0.2) is 0 Å². The number of likely N-dealkylation sites (N-methyl/N-ethyl adjacent to an activating group) is 1. The molecule has 0 spiro atoms. The van der Waals surface area contributed by atoms with Crippen LogP contribution in [0.2, 0.25) is 5.82 Å². The second kappa shape index (κ2) is 52.5. The predicted molar refractivity (Wildman–Crippen MR) is 262 cm³/mol. The summed E-state index contributed by atoms with van der Waals surface area (Å²) in [7, 11) is 9.95. The number of carbonyl (C=O) groups is 3. The lowest BCUT2D eigenvalue weighted by Crippen LogP contribution is -3.06. The van der Waals surface area contributed by atoms with Crippen molar-refractivity contribution < 1.29 is 43.5 Å². The normalized spacial score (nSPS) is 14.6. The lowest BCUT2D eigenvalue weighted by molar-refractivity contribution is -0.859. The summed E-state index contributed by atoms with van der Waals surface area (Å²) in [4.78, 5) is 44.9. The molecule has 12 heteroatoms. The smallest absolute Gasteiger partial charge is 0.407 e. The van der Waals surface area contributed by atoms with Gasteiger partial charge in [0.05, 0.1) is 35.2 Å². The van der Waals surface area contributed by atoms with Gasteiger partial charge in [-0.25, -0.2) is 4.79 Å². The molecule has 2 unspecified atom stereocenters. The minimum atomic E-state index is -0.655. The van der Waals surface area contributed by atoms with Gasteiger partial charge in [-0.15, -0.1) is 0 Å². The molecule has 0 bridgehead atoms. The SMILES string of the molecule is CCCCCCCCCCCCCCCC(=O)O.CCCNC(=O)OC1CC/C=C/CCC1.[B]C(CONOCC[NH+](C)C)COC(=O)CCCCCCCCCCCCCCC. The number of carboxylic acid groups (broad SMARTS) is 1. The fourth-order valence-electron chi connectivity index (χ4n) is 7.04. The standard InChI is InChI=1S/C23H47BN2O4.C16H32O2.C12H21NO2/c1-4-5-6-7-8-9-10-11-12-13-14-15-16-17-23(27)28-20-22(24)21-30-25-29-19-18-26(2)3;1-2-3-4-5-6-7-8-9-10-11-12-13-14-15-16(17)18;1-2-10-13-12(14)15-11-8-6-4-3-5-7-9-11/h22,25H,4-21H2,1-3H3;2-15H2,1H3,(H,17,18);3-4,11H,2,5-10H2,1H3,(H,13,14)/p+1/b;;4-3+. The van der Waals surface area contributed by atoms with Crippen LogP contribution in [0.3, 0.4) is 0 Å². The first kappa shape index (κ1) is 62.9. The number of hydrogen-bond acceptors (Lipinski definition) is 8. The van der Waals surface area contributed by atoms with Crippen molar-refractivity contribution in [1.29, 1.82) is 0 Å². The van der Waals surface area contributed by atoms with Crippen LogP contribution in [0, 0.1) is 0 Å². The minimum Gasteiger partial charge on any atom is -0.481 e. The number of rotatable bonds is 40. The van der Waals surface area contributed by atoms with Crippen molar-refractivity contribution in [1.82, 2.24) is 11.0 Å². The monoisotopic (exact) mass is 895 g/mol. The van der Waals surface area contributed by atoms with Crippen LogP contribution >= 0.6 is 0 Å². The van der Waals surface area contributed by atoms with Gasteiger partial charge in [-0.05, 0) is 57.2 Å². The zero-order chi connectivity index (χ0) is 46.7. The van der Waals surface area contributed by atoms with Gasteiger partial charge >= 0.3 is 18.0 Å². The number of unbranched alkanes of at least 4 members (excludes halogenated alkanes) is 24. The third kappa shape index (κ3) is 55.9. The highest BCUT2D eigenvalue weighted by Gasteiger charge is 2.14. The van der Waals surface area contributed by atoms with E-state index in [-0.39, 0.29) is 37.2 Å². The number of allylic oxidation sites excluding steroid dienone is 2. The number of aliphatic carboxylic acids is 1. The van der Waals surface area contributed by atoms with Crippen LogP contribution in [-0.4, -0.2) is 84.1 Å². The molecule has 4 N–H and O–H groups in total. The Bertz CT molecular complexity index is 1010. The Hall–Kier alpha value is -2.15. The van der Waals surface area contributed by atoms with Crippen molar-refractivity contribution in [2.45, 2.75) is 251 Å². The van der Waals surface area contributed by atoms with Gasteiger partial charge in [0, 0.05) is 19.4 Å². The third-order valence-electron chi connectivity index (χ3n) is 11.1. The van der Waals surface area contributed by atoms with Crippen LogP contribution in [0.5, 0.6) is 0 Å². The van der Waals surface area contributed by atoms with E-state index in [1.807, 2.05) is 21.0 Å². The molecule has 0 saturated carbocycles. The molecule has 0 fully saturated rings. The number of esters is 1. The molecule has 2 atom stereocenters. The van der Waals surface area contributed by atoms with E-state index in [1.165, 1.54) is 146 Å². The molecular formula is C51H101BN3O8+. The van der Waals surface area contributed by atoms with Gasteiger partial charge in [-0.3, -0.25) is 19.3 Å². The Morgan fingerprint density at radius 2 is 1.11 bits per heavy atom. The van der Waals surface area contributed by atoms with Gasteiger partial charge in [0.1, 0.15) is 19.3 Å². The lowest BCUT2D eigenvalue weighted by atomic mass is 9.89. The molecule has 0 aromatic heterocycles. The number of quaternary nitrogens is 1. The number of hydrogen-bond donors (Lipinski definition) is 4. The zero-order valence-electron chi connectivity index (χ0n) is 41.8. The molecule has 0 saturated heterocycles. The van der Waals surface area contributed by atoms with Crippen LogP contribution in [0.1, 0.15) is 239 Å². The fraction of sp³-hybridized carbons (Fsp3) is 0.902. The van der Waals surface area contributed by atoms with Gasteiger partial charge in [0.25, 0.3) is 0 Å². The molecular weight excluding hydrogens is 793 g/mol. The Labute approximate surface area is 389 Å². The first-order valence-corrected chi connectivity index (χ1v) is 26.2. The molecule has 0 heterocycles. The fourth-order valence-corrected chi connectivity index (χ4v) is 7.04. The largest absolute Gasteiger partial charge is 0.481 e. The van der Waals surface area contributed by atoms with Crippen molar-refractivity contribution >= 4 is 25.9 Å². The molecule has 1 amide bonds. The second-order valence-corrected chi connectivity index (χ2v) is 18.0. The summed E-state index contributed by atoms with van der Waals surface area (Å²) in [6.07, 6.45) is 45.0. The molecule has 1 rings (SSSR count). The average molecular weight is 895 g/mol. The van der Waals surface area contributed by atoms with E-state index in [1.54, 1.807) is 0 Å². The first-order chi connectivity index (χ1) is 30.7. The van der Waals surface area contributed by atoms with Crippen LogP contribution in [-0.2, 0) is 28.7 Å². The second-order valence-electron chi connectivity index (χ2n) is 18.0. The lowest BCUT2D eigenvalue weighted by Gasteiger charge is -2.18. The predicted octanol–water partition coefficient (Wildman–Crippen LogP) is 12.1. The molecule has 0 aliphatic heterocycles. The molecule has 2 radical (unpaired) electrons. The molecule has 1 aliphatic carbocycles. The summed E-state index contributed by atoms with van der Waals surface area (Å²) < 4.78 is 10.5. The van der Waals surface area contributed by atoms with E-state index >= 15 is 0 Å². The number of nitrogens with one attached hydrogen (secondary N) is 3. The van der Waals surface area contributed by atoms with Crippen LogP contribution in [0.25, 0.3) is 0 Å². The highest BCUT2D eigenvalue weighted by Crippen LogP contribution is 2.17. The number of carboxylic acids is 1. The Kier molecular flexibility index (Phi) is 52.4. The molecule has 63 heavy (non-hydrogen) atoms. The number of ether oxygens (including phenoxy) is 2. The van der Waals surface area contributed by atoms with Crippen molar-refractivity contribution in [2.24, 2.45) is 0 Å². The van der Waals surface area contributed by atoms with Crippen molar-refractivity contribution in [2.75, 3.05) is 47.0 Å². The third-order valence-corrected chi connectivity index (χ3v) is 11.1. The van der Waals surface area contributed by atoms with Crippen molar-refractivity contribution in [3.8, 4) is 0 Å². The summed E-state index contributed by atoms with van der Waals surface area (Å²) in [5.74, 6) is -1.19. The zero-order valence-corrected chi connectivity index (χ0v) is 41.8. The van der Waals surface area contributed by atoms with E-state index < -0.39 is 5.97 Å². The summed E-state index contributed by atoms with van der Waals surface area (Å²) >= 11 is 0. The summed E-state index contributed by atoms with van der Waals surface area (Å²) in [5.41, 5.74) is 2.41. The number of carbonyl (C=O) groups excluding carboxylic acids is 2. The average Bonchev–Trinajstić information content (AvgIpc) is 3.25. The van der Waals surface area contributed by atoms with E-state index in [0.717, 1.165) is 70.8 Å². The molecule has 0 aromatic rings. The summed E-state index contributed by atoms with van der Waals surface area (Å²) in [6, 6.07) is 0. The van der Waals surface area contributed by atoms with E-state index in [4.69, 9.17) is 32.1 Å². The van der Waals surface area contributed by atoms with Gasteiger partial charge in [-0.2, -0.15) is 0 Å². The molecule has 0 aromatic carbocycles. The molecule has 11 nitrogen and oxygen atoms in total. The van der Waals surface area contributed by atoms with Crippen molar-refractivity contribution in [3.63, 3.8) is 0 Å². The van der Waals surface area contributed by atoms with Gasteiger partial charge < -0.3 is 24.8 Å². The van der Waals surface area contributed by atoms with Crippen LogP contribution in [0.15, 0.2) is 12.2 Å². The van der Waals surface area contributed by atoms with Gasteiger partial charge in [-0.1, -0.05) is 193 Å². The maximum absolute atomic E-state index is 11.8. The first-order valence-electron chi connectivity index (χ1n) is 26.2. The maximum Gasteiger partial charge on any atom is 0.407 e. The van der Waals surface area contributed by atoms with Crippen molar-refractivity contribution in [3.05, 3.63) is 12.2 Å². The summed E-state index contributed by atoms with van der Waals surface area (Å²) in [5, 5.41) is 11.2. The topological polar surface area (TPSA) is 137 Å². The summed E-state index contributed by atoms with van der Waals surface area (Å²) in [6.45, 7) is 9.06. The van der Waals surface area contributed by atoms with Gasteiger partial charge in [0.2, 0.25) is 0 Å². The highest BCUT2D eigenvalue weighted by molar-refractivity contribution is 6.11. The van der Waals surface area contributed by atoms with Crippen LogP contribution in [0.4, 0.5) is 4.79 Å². The minimum absolute atomic E-state index is 0.104. The Morgan fingerprint density at radius 1 is 0.635 bits per heavy atom. The number of alkyl carbamates (subject to hydrolysis) is 1. The maximum atomic E-state index is 11.8. The molecule has 370 valence electrons. The Morgan fingerprint density at radius 3 is 1.59 bits per heavy atom. The quantitative estimate of drug-likeness (QED) is 0.0156. The molecule has 1 aliphatic rings. The van der Waals surface area contributed by atoms with E-state index in [9.17, 15) is 14.4 Å². The Balaban J connectivity index is 0. The highest BCUT2D eigenvalue weighted by atomic mass is 16.9. The van der Waals surface area contributed by atoms with E-state index in [2.05, 4.69) is 37.0 Å². The number of amides is 1. The van der Waals surface area contributed by atoms with E-state index in [0.29, 0.717) is 26.0 Å².